The van der Waals surface area contributed by atoms with Gasteiger partial charge in [0, 0.05) is 10.6 Å². The second-order valence-corrected chi connectivity index (χ2v) is 8.52. The standard InChI is InChI=1S/C22H13ClN2S2/c23-16-8-2-1-7-14(16)13-15(21-24-17-9-3-5-11-19(17)26-21)22-25-18-10-4-6-12-20(18)27-22/h1-13H. The Hall–Kier alpha value is -2.53. The predicted octanol–water partition coefficient (Wildman–Crippen LogP) is 7.15. The molecule has 0 aliphatic carbocycles. The molecule has 27 heavy (non-hydrogen) atoms. The summed E-state index contributed by atoms with van der Waals surface area (Å²) in [6.45, 7) is 0. The highest BCUT2D eigenvalue weighted by Crippen LogP contribution is 2.37. The second-order valence-electron chi connectivity index (χ2n) is 6.05. The molecule has 2 nitrogen and oxygen atoms in total. The van der Waals surface area contributed by atoms with Gasteiger partial charge in [0.1, 0.15) is 10.0 Å². The first-order chi connectivity index (χ1) is 13.3. The molecule has 0 saturated carbocycles. The number of halogens is 1. The summed E-state index contributed by atoms with van der Waals surface area (Å²) >= 11 is 9.78. The van der Waals surface area contributed by atoms with Crippen molar-refractivity contribution in [2.45, 2.75) is 0 Å². The predicted molar refractivity (Wildman–Crippen MR) is 118 cm³/mol. The van der Waals surface area contributed by atoms with E-state index in [9.17, 15) is 0 Å². The average molecular weight is 405 g/mol. The zero-order valence-electron chi connectivity index (χ0n) is 14.1. The van der Waals surface area contributed by atoms with Gasteiger partial charge in [-0.1, -0.05) is 54.1 Å². The molecule has 0 radical (unpaired) electrons. The third-order valence-electron chi connectivity index (χ3n) is 4.25. The number of hydrogen-bond acceptors (Lipinski definition) is 4. The van der Waals surface area contributed by atoms with Crippen LogP contribution in [0.4, 0.5) is 0 Å². The van der Waals surface area contributed by atoms with E-state index >= 15 is 0 Å². The Balaban J connectivity index is 1.75. The normalized spacial score (nSPS) is 11.1. The number of thiazole rings is 2. The van der Waals surface area contributed by atoms with Gasteiger partial charge in [0.05, 0.1) is 20.4 Å². The zero-order chi connectivity index (χ0) is 18.2. The largest absolute Gasteiger partial charge is 0.236 e. The summed E-state index contributed by atoms with van der Waals surface area (Å²) in [6.07, 6.45) is 2.10. The molecule has 5 rings (SSSR count). The number of fused-ring (bicyclic) bond motifs is 2. The van der Waals surface area contributed by atoms with Crippen LogP contribution in [0.3, 0.4) is 0 Å². The molecule has 0 bridgehead atoms. The van der Waals surface area contributed by atoms with Crippen molar-refractivity contribution in [2.75, 3.05) is 0 Å². The van der Waals surface area contributed by atoms with Gasteiger partial charge in [-0.2, -0.15) is 0 Å². The molecule has 0 amide bonds. The molecule has 0 saturated heterocycles. The van der Waals surface area contributed by atoms with Crippen LogP contribution in [0.15, 0.2) is 72.8 Å². The summed E-state index contributed by atoms with van der Waals surface area (Å²) < 4.78 is 2.33. The maximum atomic E-state index is 6.42. The van der Waals surface area contributed by atoms with Crippen LogP contribution in [0, 0.1) is 0 Å². The average Bonchev–Trinajstić information content (AvgIpc) is 3.31. The van der Waals surface area contributed by atoms with Crippen molar-refractivity contribution < 1.29 is 0 Å². The van der Waals surface area contributed by atoms with Gasteiger partial charge in [-0.3, -0.25) is 0 Å². The van der Waals surface area contributed by atoms with E-state index in [0.29, 0.717) is 0 Å². The van der Waals surface area contributed by atoms with Crippen LogP contribution in [-0.4, -0.2) is 9.97 Å². The highest BCUT2D eigenvalue weighted by Gasteiger charge is 2.16. The van der Waals surface area contributed by atoms with E-state index in [1.165, 1.54) is 9.40 Å². The summed E-state index contributed by atoms with van der Waals surface area (Å²) in [5.41, 5.74) is 3.98. The Morgan fingerprint density at radius 3 is 1.78 bits per heavy atom. The third-order valence-corrected chi connectivity index (χ3v) is 6.74. The quantitative estimate of drug-likeness (QED) is 0.319. The van der Waals surface area contributed by atoms with Crippen molar-refractivity contribution in [3.8, 4) is 0 Å². The molecule has 0 atom stereocenters. The number of rotatable bonds is 3. The fraction of sp³-hybridized carbons (Fsp3) is 0. The van der Waals surface area contributed by atoms with Gasteiger partial charge < -0.3 is 0 Å². The SMILES string of the molecule is Clc1ccccc1C=C(c1nc2ccccc2s1)c1nc2ccccc2s1. The van der Waals surface area contributed by atoms with Crippen LogP contribution in [0.2, 0.25) is 5.02 Å². The summed E-state index contributed by atoms with van der Waals surface area (Å²) in [5, 5.41) is 2.63. The maximum Gasteiger partial charge on any atom is 0.127 e. The maximum absolute atomic E-state index is 6.42. The fourth-order valence-corrected chi connectivity index (χ4v) is 5.16. The first kappa shape index (κ1) is 16.6. The molecule has 0 aliphatic rings. The van der Waals surface area contributed by atoms with Crippen LogP contribution in [0.5, 0.6) is 0 Å². The number of nitrogens with zero attached hydrogens (tertiary/aromatic N) is 2. The Bertz CT molecular complexity index is 1160. The van der Waals surface area contributed by atoms with E-state index in [1.807, 2.05) is 60.7 Å². The lowest BCUT2D eigenvalue weighted by Crippen LogP contribution is -1.87. The highest BCUT2D eigenvalue weighted by atomic mass is 35.5. The van der Waals surface area contributed by atoms with Crippen molar-refractivity contribution in [3.63, 3.8) is 0 Å². The van der Waals surface area contributed by atoms with E-state index in [4.69, 9.17) is 21.6 Å². The van der Waals surface area contributed by atoms with Crippen molar-refractivity contribution in [1.29, 1.82) is 0 Å². The molecular formula is C22H13ClN2S2. The molecule has 2 aromatic heterocycles. The summed E-state index contributed by atoms with van der Waals surface area (Å²) in [5.74, 6) is 0. The zero-order valence-corrected chi connectivity index (χ0v) is 16.5. The Morgan fingerprint density at radius 1 is 0.704 bits per heavy atom. The van der Waals surface area contributed by atoms with E-state index in [2.05, 4.69) is 18.2 Å². The summed E-state index contributed by atoms with van der Waals surface area (Å²) in [7, 11) is 0. The molecule has 3 aromatic carbocycles. The van der Waals surface area contributed by atoms with Gasteiger partial charge in [-0.15, -0.1) is 22.7 Å². The van der Waals surface area contributed by atoms with Crippen molar-refractivity contribution in [1.82, 2.24) is 9.97 Å². The van der Waals surface area contributed by atoms with E-state index < -0.39 is 0 Å². The minimum atomic E-state index is 0.720. The molecule has 0 N–H and O–H groups in total. The minimum Gasteiger partial charge on any atom is -0.236 e. The molecule has 130 valence electrons. The number of hydrogen-bond donors (Lipinski definition) is 0. The van der Waals surface area contributed by atoms with Crippen molar-refractivity contribution in [2.24, 2.45) is 0 Å². The van der Waals surface area contributed by atoms with Crippen molar-refractivity contribution in [3.05, 3.63) is 93.4 Å². The molecular weight excluding hydrogens is 392 g/mol. The Kier molecular flexibility index (Phi) is 4.24. The van der Waals surface area contributed by atoms with Gasteiger partial charge in [0.15, 0.2) is 0 Å². The summed E-state index contributed by atoms with van der Waals surface area (Å²) in [4.78, 5) is 9.72. The minimum absolute atomic E-state index is 0.720. The fourth-order valence-electron chi connectivity index (χ4n) is 2.94. The lowest BCUT2D eigenvalue weighted by molar-refractivity contribution is 1.39. The van der Waals surface area contributed by atoms with Gasteiger partial charge in [-0.25, -0.2) is 9.97 Å². The van der Waals surface area contributed by atoms with Crippen molar-refractivity contribution >= 4 is 66.4 Å². The Morgan fingerprint density at radius 2 is 1.22 bits per heavy atom. The molecule has 0 unspecified atom stereocenters. The van der Waals surface area contributed by atoms with Gasteiger partial charge in [-0.05, 0) is 42.0 Å². The molecule has 0 aliphatic heterocycles. The van der Waals surface area contributed by atoms with Crippen LogP contribution >= 0.6 is 34.3 Å². The lowest BCUT2D eigenvalue weighted by Gasteiger charge is -2.02. The summed E-state index contributed by atoms with van der Waals surface area (Å²) in [6, 6.07) is 24.2. The highest BCUT2D eigenvalue weighted by molar-refractivity contribution is 7.22. The van der Waals surface area contributed by atoms with Gasteiger partial charge in [0.25, 0.3) is 0 Å². The number of benzene rings is 3. The topological polar surface area (TPSA) is 25.8 Å². The molecule has 0 spiro atoms. The molecule has 5 aromatic rings. The number of aromatic nitrogens is 2. The van der Waals surface area contributed by atoms with Gasteiger partial charge in [0.2, 0.25) is 0 Å². The van der Waals surface area contributed by atoms with E-state index in [-0.39, 0.29) is 0 Å². The van der Waals surface area contributed by atoms with E-state index in [0.717, 1.165) is 37.2 Å². The third kappa shape index (κ3) is 3.16. The molecule has 5 heteroatoms. The first-order valence-corrected chi connectivity index (χ1v) is 10.5. The smallest absolute Gasteiger partial charge is 0.127 e. The molecule has 2 heterocycles. The molecule has 0 fully saturated rings. The second kappa shape index (κ2) is 6.89. The van der Waals surface area contributed by atoms with E-state index in [1.54, 1.807) is 22.7 Å². The monoisotopic (exact) mass is 404 g/mol. The lowest BCUT2D eigenvalue weighted by atomic mass is 10.1. The number of para-hydroxylation sites is 2. The van der Waals surface area contributed by atoms with Gasteiger partial charge >= 0.3 is 0 Å². The van der Waals surface area contributed by atoms with Crippen LogP contribution in [0.25, 0.3) is 32.1 Å². The first-order valence-electron chi connectivity index (χ1n) is 8.46. The Labute approximate surface area is 169 Å². The van der Waals surface area contributed by atoms with Crippen LogP contribution in [0.1, 0.15) is 15.6 Å². The van der Waals surface area contributed by atoms with Crippen LogP contribution < -0.4 is 0 Å². The van der Waals surface area contributed by atoms with Crippen LogP contribution in [-0.2, 0) is 0 Å².